The summed E-state index contributed by atoms with van der Waals surface area (Å²) in [5.74, 6) is -0.0999. The number of nitrogens with zero attached hydrogens (tertiary/aromatic N) is 2. The van der Waals surface area contributed by atoms with Crippen LogP contribution in [0.25, 0.3) is 0 Å². The molecule has 1 saturated heterocycles. The van der Waals surface area contributed by atoms with Crippen LogP contribution in [0.15, 0.2) is 27.6 Å². The Labute approximate surface area is 162 Å². The Morgan fingerprint density at radius 2 is 2.00 bits per heavy atom. The number of hydrogen-bond donors (Lipinski definition) is 0. The van der Waals surface area contributed by atoms with Crippen molar-refractivity contribution in [2.24, 2.45) is 0 Å². The zero-order chi connectivity index (χ0) is 19.6. The van der Waals surface area contributed by atoms with E-state index in [2.05, 4.69) is 5.16 Å². The van der Waals surface area contributed by atoms with Gasteiger partial charge in [-0.05, 0) is 32.0 Å². The molecule has 0 atom stereocenters. The van der Waals surface area contributed by atoms with Gasteiger partial charge in [0.25, 0.3) is 0 Å². The first-order valence-electron chi connectivity index (χ1n) is 8.27. The van der Waals surface area contributed by atoms with Crippen molar-refractivity contribution in [2.75, 3.05) is 26.3 Å². The van der Waals surface area contributed by atoms with Gasteiger partial charge in [0.05, 0.1) is 35.1 Å². The van der Waals surface area contributed by atoms with Crippen molar-refractivity contribution in [1.29, 1.82) is 0 Å². The largest absolute Gasteiger partial charge is 0.457 e. The second-order valence-corrected chi connectivity index (χ2v) is 8.35. The molecule has 2 aromatic rings. The SMILES string of the molecule is Cc1noc(C)c1COC(=O)c1ccc(Cl)c(S(=O)(=O)N2CCOCC2)c1. The molecule has 146 valence electrons. The molecule has 1 fully saturated rings. The van der Waals surface area contributed by atoms with Gasteiger partial charge >= 0.3 is 5.97 Å². The van der Waals surface area contributed by atoms with Gasteiger partial charge in [-0.1, -0.05) is 16.8 Å². The van der Waals surface area contributed by atoms with Gasteiger partial charge in [0.15, 0.2) is 0 Å². The lowest BCUT2D eigenvalue weighted by atomic mass is 10.2. The Morgan fingerprint density at radius 1 is 1.30 bits per heavy atom. The van der Waals surface area contributed by atoms with Gasteiger partial charge in [-0.25, -0.2) is 13.2 Å². The molecule has 0 radical (unpaired) electrons. The molecule has 8 nitrogen and oxygen atoms in total. The van der Waals surface area contributed by atoms with Crippen molar-refractivity contribution in [3.05, 3.63) is 45.8 Å². The van der Waals surface area contributed by atoms with E-state index in [0.29, 0.717) is 30.2 Å². The van der Waals surface area contributed by atoms with E-state index in [-0.39, 0.29) is 35.2 Å². The second-order valence-electron chi connectivity index (χ2n) is 6.04. The average Bonchev–Trinajstić information content (AvgIpc) is 2.98. The normalized spacial score (nSPS) is 15.7. The minimum absolute atomic E-state index is 0.0197. The Hall–Kier alpha value is -1.94. The van der Waals surface area contributed by atoms with Crippen molar-refractivity contribution in [3.8, 4) is 0 Å². The molecule has 0 unspecified atom stereocenters. The molecule has 3 rings (SSSR count). The van der Waals surface area contributed by atoms with Crippen molar-refractivity contribution < 1.29 is 27.2 Å². The number of morpholine rings is 1. The summed E-state index contributed by atoms with van der Waals surface area (Å²) in [4.78, 5) is 12.3. The number of esters is 1. The minimum atomic E-state index is -3.83. The molecule has 10 heteroatoms. The van der Waals surface area contributed by atoms with E-state index in [1.54, 1.807) is 13.8 Å². The Bertz CT molecular complexity index is 931. The summed E-state index contributed by atoms with van der Waals surface area (Å²) in [5, 5.41) is 3.84. The fourth-order valence-electron chi connectivity index (χ4n) is 2.68. The van der Waals surface area contributed by atoms with Crippen LogP contribution in [-0.4, -0.2) is 50.2 Å². The van der Waals surface area contributed by atoms with Crippen LogP contribution in [0.1, 0.15) is 27.4 Å². The average molecular weight is 415 g/mol. The first-order valence-corrected chi connectivity index (χ1v) is 10.1. The van der Waals surface area contributed by atoms with Gasteiger partial charge in [-0.15, -0.1) is 0 Å². The third-order valence-electron chi connectivity index (χ3n) is 4.28. The van der Waals surface area contributed by atoms with Crippen LogP contribution in [0.4, 0.5) is 0 Å². The number of sulfonamides is 1. The van der Waals surface area contributed by atoms with E-state index >= 15 is 0 Å². The predicted molar refractivity (Wildman–Crippen MR) is 96.1 cm³/mol. The highest BCUT2D eigenvalue weighted by Gasteiger charge is 2.29. The zero-order valence-electron chi connectivity index (χ0n) is 14.9. The fraction of sp³-hybridized carbons (Fsp3) is 0.412. The highest BCUT2D eigenvalue weighted by Crippen LogP contribution is 2.27. The van der Waals surface area contributed by atoms with Crippen molar-refractivity contribution >= 4 is 27.6 Å². The maximum Gasteiger partial charge on any atom is 0.338 e. The van der Waals surface area contributed by atoms with Crippen molar-refractivity contribution in [2.45, 2.75) is 25.3 Å². The molecule has 1 aromatic heterocycles. The Balaban J connectivity index is 1.81. The molecular weight excluding hydrogens is 396 g/mol. The number of carbonyl (C=O) groups is 1. The molecule has 0 amide bonds. The lowest BCUT2D eigenvalue weighted by Crippen LogP contribution is -2.40. The molecule has 0 N–H and O–H groups in total. The summed E-state index contributed by atoms with van der Waals surface area (Å²) in [6.45, 7) is 4.55. The molecule has 0 aliphatic carbocycles. The first kappa shape index (κ1) is 19.8. The number of ether oxygens (including phenoxy) is 2. The van der Waals surface area contributed by atoms with Crippen LogP contribution < -0.4 is 0 Å². The number of aromatic nitrogens is 1. The third-order valence-corrected chi connectivity index (χ3v) is 6.66. The highest BCUT2D eigenvalue weighted by atomic mass is 35.5. The topological polar surface area (TPSA) is 98.9 Å². The lowest BCUT2D eigenvalue weighted by Gasteiger charge is -2.26. The molecule has 0 saturated carbocycles. The van der Waals surface area contributed by atoms with E-state index in [1.165, 1.54) is 22.5 Å². The number of hydrogen-bond acceptors (Lipinski definition) is 7. The molecule has 0 spiro atoms. The fourth-order valence-corrected chi connectivity index (χ4v) is 4.59. The summed E-state index contributed by atoms with van der Waals surface area (Å²) in [5.41, 5.74) is 1.41. The van der Waals surface area contributed by atoms with E-state index in [4.69, 9.17) is 25.6 Å². The minimum Gasteiger partial charge on any atom is -0.457 e. The van der Waals surface area contributed by atoms with Gasteiger partial charge in [0.2, 0.25) is 10.0 Å². The summed E-state index contributed by atoms with van der Waals surface area (Å²) < 4.78 is 42.4. The van der Waals surface area contributed by atoms with Gasteiger partial charge in [0, 0.05) is 13.1 Å². The van der Waals surface area contributed by atoms with Gasteiger partial charge < -0.3 is 14.0 Å². The summed E-state index contributed by atoms with van der Waals surface area (Å²) in [6.07, 6.45) is 0. The maximum absolute atomic E-state index is 12.8. The van der Waals surface area contributed by atoms with Crippen LogP contribution in [0, 0.1) is 13.8 Å². The summed E-state index contributed by atoms with van der Waals surface area (Å²) in [7, 11) is -3.83. The molecule has 27 heavy (non-hydrogen) atoms. The molecule has 1 aliphatic heterocycles. The predicted octanol–water partition coefficient (Wildman–Crippen LogP) is 2.32. The zero-order valence-corrected chi connectivity index (χ0v) is 16.5. The quantitative estimate of drug-likeness (QED) is 0.692. The van der Waals surface area contributed by atoms with E-state index in [0.717, 1.165) is 0 Å². The van der Waals surface area contributed by atoms with E-state index in [9.17, 15) is 13.2 Å². The van der Waals surface area contributed by atoms with Crippen LogP contribution in [-0.2, 0) is 26.1 Å². The first-order chi connectivity index (χ1) is 12.8. The molecular formula is C17H19ClN2O6S. The van der Waals surface area contributed by atoms with Gasteiger partial charge in [-0.2, -0.15) is 4.31 Å². The number of carbonyl (C=O) groups excluding carboxylic acids is 1. The molecule has 1 aromatic carbocycles. The molecule has 0 bridgehead atoms. The van der Waals surface area contributed by atoms with Gasteiger partial charge in [0.1, 0.15) is 17.3 Å². The van der Waals surface area contributed by atoms with Crippen LogP contribution in [0.3, 0.4) is 0 Å². The number of rotatable bonds is 5. The third kappa shape index (κ3) is 4.16. The van der Waals surface area contributed by atoms with Crippen LogP contribution in [0.5, 0.6) is 0 Å². The smallest absolute Gasteiger partial charge is 0.338 e. The Kier molecular flexibility index (Phi) is 5.85. The summed E-state index contributed by atoms with van der Waals surface area (Å²) >= 11 is 6.09. The number of aryl methyl sites for hydroxylation is 2. The number of benzene rings is 1. The van der Waals surface area contributed by atoms with Crippen molar-refractivity contribution in [1.82, 2.24) is 9.46 Å². The Morgan fingerprint density at radius 3 is 2.63 bits per heavy atom. The van der Waals surface area contributed by atoms with Crippen LogP contribution in [0.2, 0.25) is 5.02 Å². The number of halogens is 1. The highest BCUT2D eigenvalue weighted by molar-refractivity contribution is 7.89. The van der Waals surface area contributed by atoms with Gasteiger partial charge in [-0.3, -0.25) is 0 Å². The van der Waals surface area contributed by atoms with E-state index in [1.807, 2.05) is 0 Å². The monoisotopic (exact) mass is 414 g/mol. The standard InChI is InChI=1S/C17H19ClN2O6S/c1-11-14(12(2)26-19-11)10-25-17(21)13-3-4-15(18)16(9-13)27(22,23)20-5-7-24-8-6-20/h3-4,9H,5-8,10H2,1-2H3. The lowest BCUT2D eigenvalue weighted by molar-refractivity contribution is 0.0470. The maximum atomic E-state index is 12.8. The van der Waals surface area contributed by atoms with Crippen LogP contribution >= 0.6 is 11.6 Å². The second kappa shape index (κ2) is 7.97. The molecule has 2 heterocycles. The van der Waals surface area contributed by atoms with E-state index < -0.39 is 16.0 Å². The van der Waals surface area contributed by atoms with Crippen molar-refractivity contribution in [3.63, 3.8) is 0 Å². The molecule has 1 aliphatic rings. The summed E-state index contributed by atoms with van der Waals surface area (Å²) in [6, 6.07) is 4.04.